The maximum atomic E-state index is 12.0. The second-order valence-electron chi connectivity index (χ2n) is 11.2. The smallest absolute Gasteiger partial charge is 0.338 e. The highest BCUT2D eigenvalue weighted by Crippen LogP contribution is 2.46. The number of esters is 1. The summed E-state index contributed by atoms with van der Waals surface area (Å²) in [4.78, 5) is 12.0. The van der Waals surface area contributed by atoms with E-state index in [9.17, 15) is 4.79 Å². The topological polar surface area (TPSA) is 26.3 Å². The SMILES string of the molecule is CCOC(=O)c1ccc(C=C(c2ccc3c(c2)C(C)(C)CCC3(C)C)[Si](C)(C)C)cc1. The summed E-state index contributed by atoms with van der Waals surface area (Å²) in [7, 11) is -1.62. The molecule has 2 aromatic carbocycles. The summed E-state index contributed by atoms with van der Waals surface area (Å²) in [6.07, 6.45) is 4.78. The lowest BCUT2D eigenvalue weighted by atomic mass is 9.63. The largest absolute Gasteiger partial charge is 0.462 e. The Bertz CT molecular complexity index is 989. The fourth-order valence-corrected chi connectivity index (χ4v) is 6.21. The normalized spacial score (nSPS) is 17.7. The monoisotopic (exact) mass is 434 g/mol. The zero-order chi connectivity index (χ0) is 23.0. The first-order chi connectivity index (χ1) is 14.3. The third-order valence-corrected chi connectivity index (χ3v) is 8.75. The van der Waals surface area contributed by atoms with Crippen molar-refractivity contribution in [2.75, 3.05) is 6.61 Å². The molecule has 0 bridgehead atoms. The molecule has 2 aromatic rings. The highest BCUT2D eigenvalue weighted by Gasteiger charge is 2.37. The Hall–Kier alpha value is -2.13. The quantitative estimate of drug-likeness (QED) is 0.275. The molecular weight excluding hydrogens is 396 g/mol. The molecule has 1 aliphatic carbocycles. The molecular formula is C28H38O2Si. The summed E-state index contributed by atoms with van der Waals surface area (Å²) in [6, 6.07) is 15.0. The zero-order valence-electron chi connectivity index (χ0n) is 20.6. The summed E-state index contributed by atoms with van der Waals surface area (Å²) < 4.78 is 5.11. The molecule has 0 N–H and O–H groups in total. The molecule has 0 saturated heterocycles. The van der Waals surface area contributed by atoms with Crippen molar-refractivity contribution in [1.82, 2.24) is 0 Å². The number of rotatable bonds is 5. The Morgan fingerprint density at radius 2 is 1.45 bits per heavy atom. The zero-order valence-corrected chi connectivity index (χ0v) is 21.6. The van der Waals surface area contributed by atoms with Crippen LogP contribution < -0.4 is 0 Å². The van der Waals surface area contributed by atoms with Crippen LogP contribution in [-0.2, 0) is 15.6 Å². The average molecular weight is 435 g/mol. The van der Waals surface area contributed by atoms with Crippen molar-refractivity contribution in [2.45, 2.75) is 77.9 Å². The molecule has 0 unspecified atom stereocenters. The summed E-state index contributed by atoms with van der Waals surface area (Å²) in [5.41, 5.74) is 6.51. The van der Waals surface area contributed by atoms with Crippen molar-refractivity contribution in [1.29, 1.82) is 0 Å². The van der Waals surface area contributed by atoms with E-state index in [1.807, 2.05) is 31.2 Å². The molecule has 0 amide bonds. The summed E-state index contributed by atoms with van der Waals surface area (Å²) in [5.74, 6) is -0.261. The van der Waals surface area contributed by atoms with Crippen molar-refractivity contribution < 1.29 is 9.53 Å². The molecule has 0 fully saturated rings. The van der Waals surface area contributed by atoms with E-state index in [-0.39, 0.29) is 16.8 Å². The van der Waals surface area contributed by atoms with Gasteiger partial charge in [0.05, 0.1) is 20.2 Å². The second-order valence-corrected chi connectivity index (χ2v) is 16.2. The van der Waals surface area contributed by atoms with Gasteiger partial charge in [-0.3, -0.25) is 0 Å². The van der Waals surface area contributed by atoms with Crippen LogP contribution in [0.3, 0.4) is 0 Å². The molecule has 0 radical (unpaired) electrons. The lowest BCUT2D eigenvalue weighted by Gasteiger charge is -2.42. The first-order valence-electron chi connectivity index (χ1n) is 11.5. The number of carbonyl (C=O) groups excluding carboxylic acids is 1. The van der Waals surface area contributed by atoms with Crippen molar-refractivity contribution in [2.24, 2.45) is 0 Å². The molecule has 166 valence electrons. The highest BCUT2D eigenvalue weighted by molar-refractivity contribution is 6.94. The number of carbonyl (C=O) groups is 1. The van der Waals surface area contributed by atoms with E-state index in [0.29, 0.717) is 12.2 Å². The number of fused-ring (bicyclic) bond motifs is 1. The Balaban J connectivity index is 2.06. The van der Waals surface area contributed by atoms with Crippen LogP contribution in [0, 0.1) is 0 Å². The van der Waals surface area contributed by atoms with Crippen molar-refractivity contribution >= 4 is 25.3 Å². The van der Waals surface area contributed by atoms with E-state index in [2.05, 4.69) is 71.6 Å². The van der Waals surface area contributed by atoms with Crippen molar-refractivity contribution in [3.8, 4) is 0 Å². The van der Waals surface area contributed by atoms with Gasteiger partial charge in [0.25, 0.3) is 0 Å². The van der Waals surface area contributed by atoms with E-state index in [1.165, 1.54) is 34.7 Å². The summed E-state index contributed by atoms with van der Waals surface area (Å²) >= 11 is 0. The second kappa shape index (κ2) is 8.42. The van der Waals surface area contributed by atoms with Crippen LogP contribution in [-0.4, -0.2) is 20.7 Å². The van der Waals surface area contributed by atoms with Crippen LogP contribution in [0.5, 0.6) is 0 Å². The first-order valence-corrected chi connectivity index (χ1v) is 15.0. The van der Waals surface area contributed by atoms with Gasteiger partial charge in [0, 0.05) is 0 Å². The molecule has 0 spiro atoms. The Labute approximate surface area is 189 Å². The van der Waals surface area contributed by atoms with E-state index in [0.717, 1.165) is 5.56 Å². The first kappa shape index (κ1) is 23.5. The summed E-state index contributed by atoms with van der Waals surface area (Å²) in [5, 5.41) is 1.44. The Kier molecular flexibility index (Phi) is 6.39. The Morgan fingerprint density at radius 3 is 2.00 bits per heavy atom. The average Bonchev–Trinajstić information content (AvgIpc) is 2.69. The minimum Gasteiger partial charge on any atom is -0.462 e. The van der Waals surface area contributed by atoms with E-state index in [1.54, 1.807) is 0 Å². The molecule has 0 aliphatic heterocycles. The van der Waals surface area contributed by atoms with Crippen LogP contribution in [0.25, 0.3) is 11.3 Å². The van der Waals surface area contributed by atoms with Gasteiger partial charge in [0.2, 0.25) is 0 Å². The van der Waals surface area contributed by atoms with Gasteiger partial charge in [0.1, 0.15) is 0 Å². The maximum absolute atomic E-state index is 12.0. The molecule has 3 rings (SSSR count). The van der Waals surface area contributed by atoms with Gasteiger partial charge in [0.15, 0.2) is 0 Å². The predicted octanol–water partition coefficient (Wildman–Crippen LogP) is 7.63. The van der Waals surface area contributed by atoms with Gasteiger partial charge >= 0.3 is 5.97 Å². The molecule has 1 aliphatic rings. The van der Waals surface area contributed by atoms with E-state index in [4.69, 9.17) is 4.74 Å². The number of hydrogen-bond donors (Lipinski definition) is 0. The molecule has 31 heavy (non-hydrogen) atoms. The minimum absolute atomic E-state index is 0.201. The summed E-state index contributed by atoms with van der Waals surface area (Å²) in [6.45, 7) is 19.0. The standard InChI is InChI=1S/C28H38O2Si/c1-9-30-26(29)21-12-10-20(11-13-21)18-25(31(6,7)8)22-14-15-23-24(19-22)28(4,5)17-16-27(23,2)3/h10-15,18-19H,9,16-17H2,1-8H3. The van der Waals surface area contributed by atoms with Gasteiger partial charge in [-0.1, -0.05) is 88.9 Å². The highest BCUT2D eigenvalue weighted by atomic mass is 28.3. The van der Waals surface area contributed by atoms with Gasteiger partial charge in [-0.15, -0.1) is 0 Å². The van der Waals surface area contributed by atoms with Crippen LogP contribution >= 0.6 is 0 Å². The van der Waals surface area contributed by atoms with E-state index >= 15 is 0 Å². The van der Waals surface area contributed by atoms with Crippen molar-refractivity contribution in [3.63, 3.8) is 0 Å². The Morgan fingerprint density at radius 1 is 0.903 bits per heavy atom. The number of ether oxygens (including phenoxy) is 1. The van der Waals surface area contributed by atoms with Crippen LogP contribution in [0.1, 0.15) is 80.1 Å². The minimum atomic E-state index is -1.62. The van der Waals surface area contributed by atoms with Crippen LogP contribution in [0.15, 0.2) is 42.5 Å². The fraction of sp³-hybridized carbons (Fsp3) is 0.464. The number of benzene rings is 2. The van der Waals surface area contributed by atoms with Crippen molar-refractivity contribution in [3.05, 3.63) is 70.3 Å². The van der Waals surface area contributed by atoms with E-state index < -0.39 is 8.07 Å². The fourth-order valence-electron chi connectivity index (χ4n) is 4.59. The van der Waals surface area contributed by atoms with Gasteiger partial charge < -0.3 is 4.74 Å². The third kappa shape index (κ3) is 5.03. The molecule has 0 saturated carbocycles. The number of hydrogen-bond acceptors (Lipinski definition) is 2. The predicted molar refractivity (Wildman–Crippen MR) is 135 cm³/mol. The maximum Gasteiger partial charge on any atom is 0.338 e. The third-order valence-electron chi connectivity index (χ3n) is 6.70. The van der Waals surface area contributed by atoms with Gasteiger partial charge in [-0.05, 0) is 65.0 Å². The van der Waals surface area contributed by atoms with Crippen LogP contribution in [0.4, 0.5) is 0 Å². The lowest BCUT2D eigenvalue weighted by molar-refractivity contribution is 0.0526. The molecule has 0 atom stereocenters. The lowest BCUT2D eigenvalue weighted by Crippen LogP contribution is -2.34. The molecule has 0 heterocycles. The van der Waals surface area contributed by atoms with Crippen LogP contribution in [0.2, 0.25) is 19.6 Å². The van der Waals surface area contributed by atoms with Gasteiger partial charge in [-0.25, -0.2) is 4.79 Å². The van der Waals surface area contributed by atoms with Gasteiger partial charge in [-0.2, -0.15) is 0 Å². The molecule has 0 aromatic heterocycles. The molecule has 3 heteroatoms. The molecule has 2 nitrogen and oxygen atoms in total.